The van der Waals surface area contributed by atoms with Gasteiger partial charge < -0.3 is 15.0 Å². The number of sulfone groups is 1. The topological polar surface area (TPSA) is 110 Å². The highest BCUT2D eigenvalue weighted by atomic mass is 32.2. The number of quaternary nitrogens is 1. The van der Waals surface area contributed by atoms with Crippen molar-refractivity contribution >= 4 is 45.0 Å². The first kappa shape index (κ1) is 31.8. The predicted molar refractivity (Wildman–Crippen MR) is 167 cm³/mol. The van der Waals surface area contributed by atoms with Crippen molar-refractivity contribution in [2.45, 2.75) is 31.9 Å². The molecule has 42 heavy (non-hydrogen) atoms. The number of hydrogen-bond acceptors (Lipinski definition) is 7. The van der Waals surface area contributed by atoms with Crippen LogP contribution in [0.1, 0.15) is 56.9 Å². The van der Waals surface area contributed by atoms with Gasteiger partial charge in [-0.25, -0.2) is 13.2 Å². The number of fused-ring (bicyclic) bond motifs is 3. The highest BCUT2D eigenvalue weighted by molar-refractivity contribution is 8.04. The van der Waals surface area contributed by atoms with Crippen LogP contribution in [0.3, 0.4) is 0 Å². The van der Waals surface area contributed by atoms with E-state index < -0.39 is 9.84 Å². The monoisotopic (exact) mass is 614 g/mol. The van der Waals surface area contributed by atoms with Crippen LogP contribution >= 0.6 is 11.8 Å². The largest absolute Gasteiger partial charge is 0.493 e. The molecular weight excluding hydrogens is 574 g/mol. The molecule has 2 heterocycles. The van der Waals surface area contributed by atoms with Crippen molar-refractivity contribution < 1.29 is 32.0 Å². The Morgan fingerprint density at radius 2 is 1.83 bits per heavy atom. The number of carbonyl (C=O) groups excluding carboxylic acids is 3. The number of nitrogens with zero attached hydrogens (tertiary/aromatic N) is 2. The zero-order valence-electron chi connectivity index (χ0n) is 25.1. The summed E-state index contributed by atoms with van der Waals surface area (Å²) in [7, 11) is 1.94. The maximum absolute atomic E-state index is 13.7. The van der Waals surface area contributed by atoms with Crippen LogP contribution in [0.2, 0.25) is 0 Å². The quantitative estimate of drug-likeness (QED) is 0.423. The molecule has 0 radical (unpaired) electrons. The van der Waals surface area contributed by atoms with Crippen LogP contribution < -0.4 is 15.0 Å². The minimum absolute atomic E-state index is 0.0426. The van der Waals surface area contributed by atoms with Crippen molar-refractivity contribution in [3.05, 3.63) is 69.6 Å². The molecule has 0 fully saturated rings. The molecule has 2 atom stereocenters. The van der Waals surface area contributed by atoms with E-state index in [4.69, 9.17) is 4.74 Å². The lowest BCUT2D eigenvalue weighted by Gasteiger charge is -2.27. The maximum Gasteiger partial charge on any atom is 0.345 e. The van der Waals surface area contributed by atoms with Crippen LogP contribution in [0, 0.1) is 12.8 Å². The van der Waals surface area contributed by atoms with Crippen molar-refractivity contribution in [3.8, 4) is 5.75 Å². The number of benzene rings is 2. The van der Waals surface area contributed by atoms with Gasteiger partial charge in [0.25, 0.3) is 11.8 Å². The van der Waals surface area contributed by atoms with Crippen LogP contribution in [0.25, 0.3) is 0 Å². The molecule has 2 aliphatic rings. The molecule has 9 nitrogen and oxygen atoms in total. The molecular formula is C31H40N3O6S2+. The number of hydrogen-bond donors (Lipinski definition) is 1. The minimum atomic E-state index is -3.20. The summed E-state index contributed by atoms with van der Waals surface area (Å²) in [4.78, 5) is 41.8. The lowest BCUT2D eigenvalue weighted by Crippen LogP contribution is -2.48. The highest BCUT2D eigenvalue weighted by Gasteiger charge is 2.38. The number of carbonyl (C=O) groups is 3. The second kappa shape index (κ2) is 12.6. The Morgan fingerprint density at radius 1 is 1.12 bits per heavy atom. The number of ether oxygens (including phenoxy) is 1. The average molecular weight is 615 g/mol. The number of allylic oxidation sites excluding steroid dienone is 1. The van der Waals surface area contributed by atoms with Crippen LogP contribution in [0.4, 0.5) is 5.69 Å². The third-order valence-corrected chi connectivity index (χ3v) is 10.1. The summed E-state index contributed by atoms with van der Waals surface area (Å²) in [5.74, 6) is 0.117. The molecule has 226 valence electrons. The maximum atomic E-state index is 13.7. The Labute approximate surface area is 252 Å². The van der Waals surface area contributed by atoms with Crippen LogP contribution in [0.15, 0.2) is 47.4 Å². The number of thioether (sulfide) groups is 1. The molecule has 11 heteroatoms. The molecule has 0 bridgehead atoms. The van der Waals surface area contributed by atoms with Crippen molar-refractivity contribution in [2.75, 3.05) is 57.7 Å². The zero-order valence-corrected chi connectivity index (χ0v) is 26.7. The molecule has 0 saturated carbocycles. The molecule has 0 aliphatic carbocycles. The summed E-state index contributed by atoms with van der Waals surface area (Å²) in [6.07, 6.45) is 4.74. The standard InChI is InChI=1S/C31H39N3O6S2/c1-7-13-32-29(35)22-9-8-20(2)25(17-22)33(3)30(36)27-19-21-12-15-40-26-18-23(10-11-24(26)28(21)41-27)31(37)34(4,5)14-16-42(6,38)39/h8-11,17-19,21,28H,7,12-16H2,1-6H3/p+1. The Morgan fingerprint density at radius 3 is 2.52 bits per heavy atom. The van der Waals surface area contributed by atoms with Crippen LogP contribution in [-0.4, -0.2) is 83.5 Å². The lowest BCUT2D eigenvalue weighted by molar-refractivity contribution is -0.804. The van der Waals surface area contributed by atoms with E-state index in [2.05, 4.69) is 5.32 Å². The van der Waals surface area contributed by atoms with Gasteiger partial charge in [0.1, 0.15) is 5.75 Å². The summed E-state index contributed by atoms with van der Waals surface area (Å²) in [5.41, 5.74) is 3.46. The first-order valence-corrected chi connectivity index (χ1v) is 17.0. The van der Waals surface area contributed by atoms with Gasteiger partial charge in [0, 0.05) is 41.9 Å². The molecule has 2 aliphatic heterocycles. The molecule has 3 amide bonds. The number of likely N-dealkylation sites (N-methyl/N-ethyl adjacent to an activating group) is 1. The minimum Gasteiger partial charge on any atom is -0.493 e. The Bertz CT molecular complexity index is 1530. The van der Waals surface area contributed by atoms with Gasteiger partial charge in [0.15, 0.2) is 9.84 Å². The van der Waals surface area contributed by atoms with Gasteiger partial charge in [0.2, 0.25) is 0 Å². The normalized spacial score (nSPS) is 18.2. The van der Waals surface area contributed by atoms with Crippen LogP contribution in [0.5, 0.6) is 5.75 Å². The summed E-state index contributed by atoms with van der Waals surface area (Å²) < 4.78 is 29.3. The van der Waals surface area contributed by atoms with E-state index in [0.717, 1.165) is 24.0 Å². The first-order chi connectivity index (χ1) is 19.7. The molecule has 0 spiro atoms. The Kier molecular flexibility index (Phi) is 9.54. The fourth-order valence-electron chi connectivity index (χ4n) is 5.10. The fourth-order valence-corrected chi connectivity index (χ4v) is 7.36. The van der Waals surface area contributed by atoms with Crippen molar-refractivity contribution in [3.63, 3.8) is 0 Å². The van der Waals surface area contributed by atoms with Gasteiger partial charge in [0.05, 0.1) is 43.5 Å². The molecule has 4 rings (SSSR count). The van der Waals surface area contributed by atoms with E-state index in [1.54, 1.807) is 50.3 Å². The smallest absolute Gasteiger partial charge is 0.345 e. The van der Waals surface area contributed by atoms with Crippen molar-refractivity contribution in [2.24, 2.45) is 5.92 Å². The molecule has 0 aromatic heterocycles. The SMILES string of the molecule is CCCNC(=O)c1ccc(C)c(N(C)C(=O)C2=CC3CCOc4cc(C(=O)[N+](C)(C)CCS(C)(=O)=O)ccc4C3S2)c1. The molecule has 2 aromatic rings. The molecule has 1 N–H and O–H groups in total. The van der Waals surface area contributed by atoms with E-state index >= 15 is 0 Å². The summed E-state index contributed by atoms with van der Waals surface area (Å²) in [5, 5.41) is 2.84. The number of amides is 3. The Balaban J connectivity index is 1.53. The molecule has 0 saturated heterocycles. The highest BCUT2D eigenvalue weighted by Crippen LogP contribution is 2.53. The second-order valence-corrected chi connectivity index (χ2v) is 15.0. The average Bonchev–Trinajstić information content (AvgIpc) is 3.29. The first-order valence-electron chi connectivity index (χ1n) is 14.1. The van der Waals surface area contributed by atoms with E-state index in [1.165, 1.54) is 18.0 Å². The number of rotatable bonds is 9. The van der Waals surface area contributed by atoms with E-state index in [9.17, 15) is 22.8 Å². The molecule has 2 aromatic carbocycles. The summed E-state index contributed by atoms with van der Waals surface area (Å²) in [6.45, 7) is 5.11. The summed E-state index contributed by atoms with van der Waals surface area (Å²) >= 11 is 1.49. The fraction of sp³-hybridized carbons (Fsp3) is 0.452. The van der Waals surface area contributed by atoms with E-state index in [1.807, 2.05) is 32.1 Å². The van der Waals surface area contributed by atoms with Crippen molar-refractivity contribution in [1.29, 1.82) is 0 Å². The second-order valence-electron chi connectivity index (χ2n) is 11.6. The van der Waals surface area contributed by atoms with Gasteiger partial charge in [-0.1, -0.05) is 25.1 Å². The van der Waals surface area contributed by atoms with Gasteiger partial charge in [-0.2, -0.15) is 0 Å². The number of anilines is 1. The number of aryl methyl sites for hydroxylation is 1. The van der Waals surface area contributed by atoms with E-state index in [0.29, 0.717) is 40.6 Å². The van der Waals surface area contributed by atoms with Crippen molar-refractivity contribution in [1.82, 2.24) is 5.32 Å². The van der Waals surface area contributed by atoms with Gasteiger partial charge in [-0.05, 0) is 55.5 Å². The lowest BCUT2D eigenvalue weighted by atomic mass is 9.95. The summed E-state index contributed by atoms with van der Waals surface area (Å²) in [6, 6.07) is 10.8. The third-order valence-electron chi connectivity index (χ3n) is 7.74. The van der Waals surface area contributed by atoms with Gasteiger partial charge in [-0.15, -0.1) is 11.8 Å². The van der Waals surface area contributed by atoms with Gasteiger partial charge in [-0.3, -0.25) is 14.1 Å². The number of nitrogens with one attached hydrogen (secondary N) is 1. The van der Waals surface area contributed by atoms with E-state index in [-0.39, 0.29) is 45.7 Å². The predicted octanol–water partition coefficient (Wildman–Crippen LogP) is 4.13. The Hall–Kier alpha value is -3.15. The van der Waals surface area contributed by atoms with Crippen LogP contribution in [-0.2, 0) is 14.6 Å². The molecule has 2 unspecified atom stereocenters. The third kappa shape index (κ3) is 7.07. The van der Waals surface area contributed by atoms with Gasteiger partial charge >= 0.3 is 5.91 Å². The zero-order chi connectivity index (χ0) is 30.8.